The van der Waals surface area contributed by atoms with Crippen molar-refractivity contribution < 1.29 is 4.79 Å². The Morgan fingerprint density at radius 3 is 2.50 bits per heavy atom. The zero-order valence-electron chi connectivity index (χ0n) is 13.1. The Morgan fingerprint density at radius 1 is 1.04 bits per heavy atom. The standard InChI is InChI=1S/C19H16N2OS2/c1-13-12-15(9-10-16(13)17-8-5-11-24-17)20-19(23)21-18(22)14-6-3-2-4-7-14/h2-12H,1H3,(H2,20,21,22,23). The van der Waals surface area contributed by atoms with Crippen LogP contribution in [0.3, 0.4) is 0 Å². The van der Waals surface area contributed by atoms with Crippen molar-refractivity contribution in [3.05, 3.63) is 77.2 Å². The summed E-state index contributed by atoms with van der Waals surface area (Å²) >= 11 is 6.94. The Balaban J connectivity index is 1.67. The number of thiocarbonyl (C=S) groups is 1. The molecule has 1 aromatic heterocycles. The number of anilines is 1. The fraction of sp³-hybridized carbons (Fsp3) is 0.0526. The maximum absolute atomic E-state index is 12.1. The smallest absolute Gasteiger partial charge is 0.257 e. The van der Waals surface area contributed by atoms with Crippen LogP contribution in [-0.2, 0) is 0 Å². The first-order chi connectivity index (χ1) is 11.6. The fourth-order valence-electron chi connectivity index (χ4n) is 2.38. The van der Waals surface area contributed by atoms with Gasteiger partial charge in [-0.05, 0) is 66.0 Å². The van der Waals surface area contributed by atoms with Crippen LogP contribution in [0.2, 0.25) is 0 Å². The molecule has 3 aromatic rings. The van der Waals surface area contributed by atoms with Crippen LogP contribution in [-0.4, -0.2) is 11.0 Å². The quantitative estimate of drug-likeness (QED) is 0.662. The van der Waals surface area contributed by atoms with E-state index in [4.69, 9.17) is 12.2 Å². The second-order valence-electron chi connectivity index (χ2n) is 5.28. The van der Waals surface area contributed by atoms with E-state index in [-0.39, 0.29) is 11.0 Å². The van der Waals surface area contributed by atoms with E-state index < -0.39 is 0 Å². The van der Waals surface area contributed by atoms with Gasteiger partial charge < -0.3 is 5.32 Å². The Labute approximate surface area is 150 Å². The van der Waals surface area contributed by atoms with Crippen molar-refractivity contribution >= 4 is 40.3 Å². The molecule has 0 aliphatic rings. The summed E-state index contributed by atoms with van der Waals surface area (Å²) in [7, 11) is 0. The predicted molar refractivity (Wildman–Crippen MR) is 105 cm³/mol. The summed E-state index contributed by atoms with van der Waals surface area (Å²) in [6, 6.07) is 19.2. The number of rotatable bonds is 3. The normalized spacial score (nSPS) is 10.2. The maximum Gasteiger partial charge on any atom is 0.257 e. The van der Waals surface area contributed by atoms with Gasteiger partial charge in [-0.1, -0.05) is 30.3 Å². The summed E-state index contributed by atoms with van der Waals surface area (Å²) in [5.41, 5.74) is 3.78. The molecule has 3 nitrogen and oxygen atoms in total. The first-order valence-electron chi connectivity index (χ1n) is 7.45. The van der Waals surface area contributed by atoms with Crippen LogP contribution < -0.4 is 10.6 Å². The number of aryl methyl sites for hydroxylation is 1. The highest BCUT2D eigenvalue weighted by Crippen LogP contribution is 2.29. The molecule has 0 aliphatic carbocycles. The van der Waals surface area contributed by atoms with Gasteiger partial charge >= 0.3 is 0 Å². The Morgan fingerprint density at radius 2 is 1.83 bits per heavy atom. The second-order valence-corrected chi connectivity index (χ2v) is 6.64. The van der Waals surface area contributed by atoms with Gasteiger partial charge in [0.25, 0.3) is 5.91 Å². The Hall–Kier alpha value is -2.50. The van der Waals surface area contributed by atoms with Crippen LogP contribution in [0.5, 0.6) is 0 Å². The minimum absolute atomic E-state index is 0.222. The summed E-state index contributed by atoms with van der Waals surface area (Å²) < 4.78 is 0. The van der Waals surface area contributed by atoms with Crippen LogP contribution in [0, 0.1) is 6.92 Å². The first kappa shape index (κ1) is 16.4. The van der Waals surface area contributed by atoms with Crippen molar-refractivity contribution in [2.75, 3.05) is 5.32 Å². The largest absolute Gasteiger partial charge is 0.332 e. The van der Waals surface area contributed by atoms with Gasteiger partial charge in [0, 0.05) is 16.1 Å². The molecule has 0 aliphatic heterocycles. The zero-order valence-corrected chi connectivity index (χ0v) is 14.7. The lowest BCUT2D eigenvalue weighted by molar-refractivity contribution is 0.0977. The monoisotopic (exact) mass is 352 g/mol. The molecule has 1 heterocycles. The number of hydrogen-bond donors (Lipinski definition) is 2. The topological polar surface area (TPSA) is 41.1 Å². The summed E-state index contributed by atoms with van der Waals surface area (Å²) in [4.78, 5) is 13.3. The van der Waals surface area contributed by atoms with Gasteiger partial charge in [-0.2, -0.15) is 0 Å². The van der Waals surface area contributed by atoms with E-state index in [1.807, 2.05) is 36.4 Å². The molecular weight excluding hydrogens is 336 g/mol. The second kappa shape index (κ2) is 7.38. The highest BCUT2D eigenvalue weighted by atomic mass is 32.1. The zero-order chi connectivity index (χ0) is 16.9. The fourth-order valence-corrected chi connectivity index (χ4v) is 3.40. The molecule has 5 heteroatoms. The van der Waals surface area contributed by atoms with E-state index >= 15 is 0 Å². The lowest BCUT2D eigenvalue weighted by Crippen LogP contribution is -2.34. The van der Waals surface area contributed by atoms with Crippen LogP contribution in [0.15, 0.2) is 66.0 Å². The number of nitrogens with one attached hydrogen (secondary N) is 2. The van der Waals surface area contributed by atoms with Crippen molar-refractivity contribution in [3.8, 4) is 10.4 Å². The first-order valence-corrected chi connectivity index (χ1v) is 8.74. The van der Waals surface area contributed by atoms with Gasteiger partial charge in [0.2, 0.25) is 0 Å². The minimum atomic E-state index is -0.222. The van der Waals surface area contributed by atoms with Gasteiger partial charge in [0.15, 0.2) is 5.11 Å². The molecule has 2 aromatic carbocycles. The Bertz CT molecular complexity index is 858. The molecule has 24 heavy (non-hydrogen) atoms. The van der Waals surface area contributed by atoms with Gasteiger partial charge in [-0.3, -0.25) is 10.1 Å². The molecular formula is C19H16N2OS2. The van der Waals surface area contributed by atoms with E-state index in [0.29, 0.717) is 5.56 Å². The molecule has 0 saturated heterocycles. The Kier molecular flexibility index (Phi) is 5.03. The maximum atomic E-state index is 12.1. The van der Waals surface area contributed by atoms with Gasteiger partial charge in [0.1, 0.15) is 0 Å². The molecule has 0 saturated carbocycles. The van der Waals surface area contributed by atoms with Crippen molar-refractivity contribution in [1.29, 1.82) is 0 Å². The third-order valence-corrected chi connectivity index (χ3v) is 4.64. The molecule has 3 rings (SSSR count). The highest BCUT2D eigenvalue weighted by Gasteiger charge is 2.08. The number of amides is 1. The van der Waals surface area contributed by atoms with Crippen LogP contribution >= 0.6 is 23.6 Å². The van der Waals surface area contributed by atoms with E-state index in [9.17, 15) is 4.79 Å². The molecule has 0 atom stereocenters. The third kappa shape index (κ3) is 3.88. The molecule has 0 radical (unpaired) electrons. The van der Waals surface area contributed by atoms with Gasteiger partial charge in [0.05, 0.1) is 0 Å². The molecule has 0 bridgehead atoms. The molecule has 120 valence electrons. The summed E-state index contributed by atoms with van der Waals surface area (Å²) in [5.74, 6) is -0.222. The molecule has 0 fully saturated rings. The lowest BCUT2D eigenvalue weighted by Gasteiger charge is -2.11. The number of carbonyl (C=O) groups excluding carboxylic acids is 1. The average molecular weight is 352 g/mol. The molecule has 1 amide bonds. The number of carbonyl (C=O) groups is 1. The lowest BCUT2D eigenvalue weighted by atomic mass is 10.1. The summed E-state index contributed by atoms with van der Waals surface area (Å²) in [5, 5.41) is 8.10. The van der Waals surface area contributed by atoms with E-state index in [0.717, 1.165) is 11.3 Å². The molecule has 2 N–H and O–H groups in total. The predicted octanol–water partition coefficient (Wildman–Crippen LogP) is 4.85. The average Bonchev–Trinajstić information content (AvgIpc) is 3.10. The van der Waals surface area contributed by atoms with Crippen molar-refractivity contribution in [2.45, 2.75) is 6.92 Å². The van der Waals surface area contributed by atoms with Crippen LogP contribution in [0.1, 0.15) is 15.9 Å². The number of benzene rings is 2. The third-order valence-electron chi connectivity index (χ3n) is 3.53. The van der Waals surface area contributed by atoms with Crippen molar-refractivity contribution in [1.82, 2.24) is 5.32 Å². The summed E-state index contributed by atoms with van der Waals surface area (Å²) in [6.07, 6.45) is 0. The number of hydrogen-bond acceptors (Lipinski definition) is 3. The van der Waals surface area contributed by atoms with E-state index in [2.05, 4.69) is 35.1 Å². The van der Waals surface area contributed by atoms with Crippen molar-refractivity contribution in [3.63, 3.8) is 0 Å². The molecule has 0 unspecified atom stereocenters. The van der Waals surface area contributed by atoms with Crippen LogP contribution in [0.4, 0.5) is 5.69 Å². The van der Waals surface area contributed by atoms with Crippen molar-refractivity contribution in [2.24, 2.45) is 0 Å². The SMILES string of the molecule is Cc1cc(NC(=S)NC(=O)c2ccccc2)ccc1-c1cccs1. The van der Waals surface area contributed by atoms with Crippen LogP contribution in [0.25, 0.3) is 10.4 Å². The highest BCUT2D eigenvalue weighted by molar-refractivity contribution is 7.80. The minimum Gasteiger partial charge on any atom is -0.332 e. The van der Waals surface area contributed by atoms with E-state index in [1.54, 1.807) is 23.5 Å². The molecule has 0 spiro atoms. The summed E-state index contributed by atoms with van der Waals surface area (Å²) in [6.45, 7) is 2.06. The number of thiophene rings is 1. The van der Waals surface area contributed by atoms with Gasteiger partial charge in [-0.15, -0.1) is 11.3 Å². The van der Waals surface area contributed by atoms with Gasteiger partial charge in [-0.25, -0.2) is 0 Å². The van der Waals surface area contributed by atoms with E-state index in [1.165, 1.54) is 10.4 Å².